The van der Waals surface area contributed by atoms with Crippen molar-refractivity contribution in [3.8, 4) is 5.75 Å². The molecule has 0 aliphatic carbocycles. The number of aryl methyl sites for hydroxylation is 1. The third kappa shape index (κ3) is 4.10. The van der Waals surface area contributed by atoms with E-state index in [2.05, 4.69) is 5.32 Å². The molecule has 2 aromatic rings. The highest BCUT2D eigenvalue weighted by Crippen LogP contribution is 2.13. The van der Waals surface area contributed by atoms with Gasteiger partial charge in [-0.05, 0) is 37.4 Å². The Morgan fingerprint density at radius 2 is 2.05 bits per heavy atom. The molecule has 0 aliphatic rings. The summed E-state index contributed by atoms with van der Waals surface area (Å²) in [6, 6.07) is 11.6. The Hall–Kier alpha value is -1.81. The lowest BCUT2D eigenvalue weighted by Gasteiger charge is -2.14. The van der Waals surface area contributed by atoms with Crippen molar-refractivity contribution in [3.05, 3.63) is 52.2 Å². The molecule has 1 unspecified atom stereocenters. The topological polar surface area (TPSA) is 38.3 Å². The lowest BCUT2D eigenvalue weighted by atomic mass is 10.2. The van der Waals surface area contributed by atoms with Crippen LogP contribution in [0, 0.1) is 6.92 Å². The van der Waals surface area contributed by atoms with E-state index < -0.39 is 6.10 Å². The molecule has 0 fully saturated rings. The van der Waals surface area contributed by atoms with Gasteiger partial charge in [0.1, 0.15) is 5.75 Å². The second kappa shape index (κ2) is 6.38. The van der Waals surface area contributed by atoms with Crippen molar-refractivity contribution in [2.24, 2.45) is 0 Å². The number of hydrogen-bond acceptors (Lipinski definition) is 3. The number of ether oxygens (including phenoxy) is 1. The van der Waals surface area contributed by atoms with E-state index >= 15 is 0 Å². The molecular weight excluding hydrogens is 258 g/mol. The summed E-state index contributed by atoms with van der Waals surface area (Å²) < 4.78 is 5.59. The van der Waals surface area contributed by atoms with Crippen LogP contribution < -0.4 is 10.1 Å². The normalized spacial score (nSPS) is 11.9. The summed E-state index contributed by atoms with van der Waals surface area (Å²) in [7, 11) is 0. The summed E-state index contributed by atoms with van der Waals surface area (Å²) in [5.41, 5.74) is 1.17. The van der Waals surface area contributed by atoms with Crippen LogP contribution in [-0.2, 0) is 11.3 Å². The third-order valence-electron chi connectivity index (χ3n) is 2.72. The summed E-state index contributed by atoms with van der Waals surface area (Å²) in [5.74, 6) is 0.610. The van der Waals surface area contributed by atoms with Crippen molar-refractivity contribution in [1.82, 2.24) is 5.32 Å². The van der Waals surface area contributed by atoms with Crippen LogP contribution in [0.25, 0.3) is 0 Å². The maximum Gasteiger partial charge on any atom is 0.261 e. The molecule has 0 saturated heterocycles. The van der Waals surface area contributed by atoms with Crippen LogP contribution in [0.1, 0.15) is 17.4 Å². The standard InChI is InChI=1S/C15H17NO2S/c1-11-5-7-13(8-6-11)18-12(2)15(17)16-10-14-4-3-9-19-14/h3-9,12H,10H2,1-2H3,(H,16,17). The molecular formula is C15H17NO2S. The predicted molar refractivity (Wildman–Crippen MR) is 77.4 cm³/mol. The van der Waals surface area contributed by atoms with Crippen LogP contribution in [0.5, 0.6) is 5.75 Å². The first kappa shape index (κ1) is 13.6. The Morgan fingerprint density at radius 3 is 2.68 bits per heavy atom. The molecule has 1 aromatic carbocycles. The number of carbonyl (C=O) groups excluding carboxylic acids is 1. The first-order chi connectivity index (χ1) is 9.15. The highest BCUT2D eigenvalue weighted by Gasteiger charge is 2.14. The smallest absolute Gasteiger partial charge is 0.261 e. The van der Waals surface area contributed by atoms with Gasteiger partial charge in [-0.15, -0.1) is 11.3 Å². The summed E-state index contributed by atoms with van der Waals surface area (Å²) in [6.45, 7) is 4.32. The number of rotatable bonds is 5. The Labute approximate surface area is 117 Å². The van der Waals surface area contributed by atoms with Crippen molar-refractivity contribution >= 4 is 17.2 Å². The number of carbonyl (C=O) groups is 1. The molecule has 3 nitrogen and oxygen atoms in total. The third-order valence-corrected chi connectivity index (χ3v) is 3.60. The average Bonchev–Trinajstić information content (AvgIpc) is 2.91. The molecule has 100 valence electrons. The predicted octanol–water partition coefficient (Wildman–Crippen LogP) is 3.14. The molecule has 0 spiro atoms. The highest BCUT2D eigenvalue weighted by molar-refractivity contribution is 7.09. The van der Waals surface area contributed by atoms with E-state index in [0.29, 0.717) is 12.3 Å². The fraction of sp³-hybridized carbons (Fsp3) is 0.267. The first-order valence-corrected chi connectivity index (χ1v) is 7.06. The molecule has 0 bridgehead atoms. The molecule has 1 atom stereocenters. The van der Waals surface area contributed by atoms with Crippen LogP contribution in [0.2, 0.25) is 0 Å². The van der Waals surface area contributed by atoms with E-state index in [1.54, 1.807) is 18.3 Å². The van der Waals surface area contributed by atoms with E-state index in [1.165, 1.54) is 5.56 Å². The number of thiophene rings is 1. The number of nitrogens with one attached hydrogen (secondary N) is 1. The molecule has 1 amide bonds. The Kier molecular flexibility index (Phi) is 4.58. The van der Waals surface area contributed by atoms with Crippen LogP contribution >= 0.6 is 11.3 Å². The molecule has 1 aromatic heterocycles. The largest absolute Gasteiger partial charge is 0.481 e. The zero-order chi connectivity index (χ0) is 13.7. The van der Waals surface area contributed by atoms with E-state index in [-0.39, 0.29) is 5.91 Å². The minimum absolute atomic E-state index is 0.103. The van der Waals surface area contributed by atoms with Gasteiger partial charge in [0.15, 0.2) is 6.10 Å². The zero-order valence-corrected chi connectivity index (χ0v) is 11.9. The highest BCUT2D eigenvalue weighted by atomic mass is 32.1. The second-order valence-corrected chi connectivity index (χ2v) is 5.40. The number of benzene rings is 1. The van der Waals surface area contributed by atoms with E-state index in [0.717, 1.165) is 4.88 Å². The Bertz CT molecular complexity index is 520. The SMILES string of the molecule is Cc1ccc(OC(C)C(=O)NCc2cccs2)cc1. The Morgan fingerprint density at radius 1 is 1.32 bits per heavy atom. The lowest BCUT2D eigenvalue weighted by Crippen LogP contribution is -2.35. The van der Waals surface area contributed by atoms with Crippen molar-refractivity contribution in [2.75, 3.05) is 0 Å². The van der Waals surface area contributed by atoms with Crippen molar-refractivity contribution in [3.63, 3.8) is 0 Å². The summed E-state index contributed by atoms with van der Waals surface area (Å²) in [4.78, 5) is 13.0. The molecule has 0 aliphatic heterocycles. The van der Waals surface area contributed by atoms with Gasteiger partial charge in [0.2, 0.25) is 0 Å². The van der Waals surface area contributed by atoms with Gasteiger partial charge < -0.3 is 10.1 Å². The van der Waals surface area contributed by atoms with Crippen molar-refractivity contribution < 1.29 is 9.53 Å². The molecule has 4 heteroatoms. The van der Waals surface area contributed by atoms with Gasteiger partial charge in [0.05, 0.1) is 6.54 Å². The van der Waals surface area contributed by atoms with E-state index in [9.17, 15) is 4.79 Å². The van der Waals surface area contributed by atoms with Crippen LogP contribution in [0.3, 0.4) is 0 Å². The number of amides is 1. The van der Waals surface area contributed by atoms with Crippen LogP contribution in [0.15, 0.2) is 41.8 Å². The van der Waals surface area contributed by atoms with Gasteiger partial charge in [0, 0.05) is 4.88 Å². The minimum Gasteiger partial charge on any atom is -0.481 e. The molecule has 1 N–H and O–H groups in total. The molecule has 0 radical (unpaired) electrons. The monoisotopic (exact) mass is 275 g/mol. The first-order valence-electron chi connectivity index (χ1n) is 6.18. The van der Waals surface area contributed by atoms with E-state index in [1.807, 2.05) is 48.7 Å². The summed E-state index contributed by atoms with van der Waals surface area (Å²) in [6.07, 6.45) is -0.498. The fourth-order valence-electron chi connectivity index (χ4n) is 1.61. The Balaban J connectivity index is 1.83. The average molecular weight is 275 g/mol. The quantitative estimate of drug-likeness (QED) is 0.910. The maximum atomic E-state index is 11.9. The van der Waals surface area contributed by atoms with E-state index in [4.69, 9.17) is 4.74 Å². The van der Waals surface area contributed by atoms with Gasteiger partial charge in [-0.2, -0.15) is 0 Å². The van der Waals surface area contributed by atoms with Crippen LogP contribution in [0.4, 0.5) is 0 Å². The maximum absolute atomic E-state index is 11.9. The molecule has 2 rings (SSSR count). The lowest BCUT2D eigenvalue weighted by molar-refractivity contribution is -0.127. The number of hydrogen-bond donors (Lipinski definition) is 1. The zero-order valence-electron chi connectivity index (χ0n) is 11.1. The molecule has 19 heavy (non-hydrogen) atoms. The summed E-state index contributed by atoms with van der Waals surface area (Å²) >= 11 is 1.63. The fourth-order valence-corrected chi connectivity index (χ4v) is 2.25. The van der Waals surface area contributed by atoms with Crippen molar-refractivity contribution in [2.45, 2.75) is 26.5 Å². The molecule has 0 saturated carbocycles. The van der Waals surface area contributed by atoms with Crippen LogP contribution in [-0.4, -0.2) is 12.0 Å². The molecule has 1 heterocycles. The minimum atomic E-state index is -0.498. The van der Waals surface area contributed by atoms with Gasteiger partial charge in [0.25, 0.3) is 5.91 Å². The van der Waals surface area contributed by atoms with Gasteiger partial charge in [-0.3, -0.25) is 4.79 Å². The van der Waals surface area contributed by atoms with Crippen molar-refractivity contribution in [1.29, 1.82) is 0 Å². The van der Waals surface area contributed by atoms with Gasteiger partial charge >= 0.3 is 0 Å². The van der Waals surface area contributed by atoms with Gasteiger partial charge in [-0.25, -0.2) is 0 Å². The van der Waals surface area contributed by atoms with Gasteiger partial charge in [-0.1, -0.05) is 23.8 Å². The summed E-state index contributed by atoms with van der Waals surface area (Å²) in [5, 5.41) is 4.86. The second-order valence-electron chi connectivity index (χ2n) is 4.37.